The minimum atomic E-state index is -4.44. The van der Waals surface area contributed by atoms with Gasteiger partial charge in [-0.05, 0) is 45.7 Å². The van der Waals surface area contributed by atoms with Crippen molar-refractivity contribution in [1.82, 2.24) is 5.32 Å². The molecular formula is C13H18BF3NO2. The summed E-state index contributed by atoms with van der Waals surface area (Å²) >= 11 is 0. The summed E-state index contributed by atoms with van der Waals surface area (Å²) in [5, 5.41) is 2.53. The van der Waals surface area contributed by atoms with Gasteiger partial charge in [0.2, 0.25) is 0 Å². The molecule has 1 saturated heterocycles. The molecule has 3 nitrogen and oxygen atoms in total. The first-order valence-electron chi connectivity index (χ1n) is 6.44. The summed E-state index contributed by atoms with van der Waals surface area (Å²) in [5.74, 6) is 0. The normalized spacial score (nSPS) is 25.6. The number of alkyl halides is 3. The van der Waals surface area contributed by atoms with Crippen LogP contribution in [0, 0.1) is 6.20 Å². The van der Waals surface area contributed by atoms with Crippen LogP contribution in [0.4, 0.5) is 13.2 Å². The molecule has 0 aromatic rings. The highest BCUT2D eigenvalue weighted by atomic mass is 19.4. The molecule has 2 heterocycles. The maximum Gasteiger partial charge on any atom is 0.492 e. The second kappa shape index (κ2) is 4.53. The minimum absolute atomic E-state index is 0.120. The van der Waals surface area contributed by atoms with Crippen molar-refractivity contribution in [3.05, 3.63) is 22.8 Å². The molecule has 1 fully saturated rings. The van der Waals surface area contributed by atoms with Crippen LogP contribution in [0.3, 0.4) is 0 Å². The molecule has 0 unspecified atom stereocenters. The van der Waals surface area contributed by atoms with E-state index in [0.29, 0.717) is 5.47 Å². The summed E-state index contributed by atoms with van der Waals surface area (Å²) in [6.07, 6.45) is -2.26. The molecule has 0 aromatic carbocycles. The fourth-order valence-corrected chi connectivity index (χ4v) is 2.14. The average Bonchev–Trinajstić information content (AvgIpc) is 2.46. The van der Waals surface area contributed by atoms with Gasteiger partial charge in [-0.1, -0.05) is 0 Å². The van der Waals surface area contributed by atoms with Crippen LogP contribution in [0.15, 0.2) is 16.6 Å². The Labute approximate surface area is 117 Å². The molecule has 7 heteroatoms. The van der Waals surface area contributed by atoms with E-state index in [1.807, 2.05) is 27.7 Å². The Morgan fingerprint density at radius 1 is 1.15 bits per heavy atom. The lowest BCUT2D eigenvalue weighted by Gasteiger charge is -2.32. The summed E-state index contributed by atoms with van der Waals surface area (Å²) in [6, 6.07) is 0. The lowest BCUT2D eigenvalue weighted by Crippen LogP contribution is -2.41. The molecule has 1 N–H and O–H groups in total. The van der Waals surface area contributed by atoms with E-state index in [1.165, 1.54) is 6.92 Å². The van der Waals surface area contributed by atoms with Gasteiger partial charge in [-0.2, -0.15) is 13.2 Å². The van der Waals surface area contributed by atoms with E-state index in [-0.39, 0.29) is 12.1 Å². The van der Waals surface area contributed by atoms with Gasteiger partial charge in [0, 0.05) is 6.54 Å². The Bertz CT molecular complexity index is 464. The summed E-state index contributed by atoms with van der Waals surface area (Å²) < 4.78 is 50.3. The van der Waals surface area contributed by atoms with E-state index < -0.39 is 30.1 Å². The predicted octanol–water partition coefficient (Wildman–Crippen LogP) is 2.79. The quantitative estimate of drug-likeness (QED) is 0.753. The second-order valence-corrected chi connectivity index (χ2v) is 6.09. The molecule has 0 atom stereocenters. The monoisotopic (exact) mass is 288 g/mol. The van der Waals surface area contributed by atoms with Crippen molar-refractivity contribution in [2.24, 2.45) is 0 Å². The van der Waals surface area contributed by atoms with Gasteiger partial charge in [0.25, 0.3) is 0 Å². The van der Waals surface area contributed by atoms with Crippen LogP contribution in [0.2, 0.25) is 0 Å². The fourth-order valence-electron chi connectivity index (χ4n) is 2.14. The van der Waals surface area contributed by atoms with Gasteiger partial charge < -0.3 is 14.6 Å². The first-order valence-corrected chi connectivity index (χ1v) is 6.44. The predicted molar refractivity (Wildman–Crippen MR) is 69.6 cm³/mol. The van der Waals surface area contributed by atoms with Crippen molar-refractivity contribution in [2.45, 2.75) is 52.0 Å². The van der Waals surface area contributed by atoms with Crippen LogP contribution in [0.5, 0.6) is 0 Å². The molecule has 0 amide bonds. The van der Waals surface area contributed by atoms with Gasteiger partial charge in [-0.25, -0.2) is 0 Å². The zero-order valence-electron chi connectivity index (χ0n) is 12.2. The van der Waals surface area contributed by atoms with Crippen LogP contribution < -0.4 is 5.32 Å². The molecular weight excluding hydrogens is 270 g/mol. The number of rotatable bonds is 1. The van der Waals surface area contributed by atoms with Crippen molar-refractivity contribution >= 4 is 7.12 Å². The Kier molecular flexibility index (Phi) is 3.50. The maximum absolute atomic E-state index is 12.9. The molecule has 0 bridgehead atoms. The Morgan fingerprint density at radius 3 is 2.10 bits per heavy atom. The zero-order valence-corrected chi connectivity index (χ0v) is 12.2. The SMILES string of the molecule is CC1=C(B2OC(C)(C)C(C)(C)O2)CN[C]=C1C(F)(F)F. The van der Waals surface area contributed by atoms with Crippen LogP contribution in [0.25, 0.3) is 0 Å². The average molecular weight is 288 g/mol. The second-order valence-electron chi connectivity index (χ2n) is 6.09. The molecule has 0 saturated carbocycles. The van der Waals surface area contributed by atoms with Crippen LogP contribution in [0.1, 0.15) is 34.6 Å². The van der Waals surface area contributed by atoms with Crippen LogP contribution in [-0.2, 0) is 9.31 Å². The molecule has 20 heavy (non-hydrogen) atoms. The van der Waals surface area contributed by atoms with Crippen molar-refractivity contribution in [3.63, 3.8) is 0 Å². The Balaban J connectivity index is 2.33. The van der Waals surface area contributed by atoms with E-state index in [1.54, 1.807) is 0 Å². The van der Waals surface area contributed by atoms with Crippen molar-refractivity contribution < 1.29 is 22.5 Å². The highest BCUT2D eigenvalue weighted by Gasteiger charge is 2.53. The number of dihydropyridines is 1. The van der Waals surface area contributed by atoms with E-state index in [4.69, 9.17) is 9.31 Å². The Morgan fingerprint density at radius 2 is 1.65 bits per heavy atom. The summed E-state index contributed by atoms with van der Waals surface area (Å²) in [5.41, 5.74) is -1.36. The third kappa shape index (κ3) is 2.49. The van der Waals surface area contributed by atoms with Crippen LogP contribution >= 0.6 is 0 Å². The maximum atomic E-state index is 12.9. The van der Waals surface area contributed by atoms with E-state index in [9.17, 15) is 13.2 Å². The number of hydrogen-bond acceptors (Lipinski definition) is 3. The van der Waals surface area contributed by atoms with Gasteiger partial charge in [0.05, 0.1) is 23.0 Å². The van der Waals surface area contributed by atoms with E-state index in [0.717, 1.165) is 0 Å². The van der Waals surface area contributed by atoms with Crippen molar-refractivity contribution in [1.29, 1.82) is 0 Å². The third-order valence-corrected chi connectivity index (χ3v) is 4.17. The summed E-state index contributed by atoms with van der Waals surface area (Å²) in [7, 11) is -0.771. The van der Waals surface area contributed by atoms with Gasteiger partial charge in [-0.15, -0.1) is 0 Å². The van der Waals surface area contributed by atoms with E-state index >= 15 is 0 Å². The smallest absolute Gasteiger partial charge is 0.400 e. The lowest BCUT2D eigenvalue weighted by atomic mass is 9.73. The molecule has 2 aliphatic rings. The molecule has 0 spiro atoms. The molecule has 0 aromatic heterocycles. The molecule has 0 aliphatic carbocycles. The first-order chi connectivity index (χ1) is 8.96. The third-order valence-electron chi connectivity index (χ3n) is 4.17. The number of allylic oxidation sites excluding steroid dienone is 2. The lowest BCUT2D eigenvalue weighted by molar-refractivity contribution is -0.0904. The van der Waals surface area contributed by atoms with Gasteiger partial charge >= 0.3 is 13.3 Å². The molecule has 2 rings (SSSR count). The van der Waals surface area contributed by atoms with Crippen molar-refractivity contribution in [2.75, 3.05) is 6.54 Å². The first kappa shape index (κ1) is 15.4. The molecule has 111 valence electrons. The van der Waals surface area contributed by atoms with Gasteiger partial charge in [0.1, 0.15) is 0 Å². The standard InChI is InChI=1S/C13H18BF3NO2/c1-8-9(13(15,16)17)6-18-7-10(8)14-19-11(2,3)12(4,5)20-14/h18H,7H2,1-5H3. The molecule has 2 aliphatic heterocycles. The molecule has 1 radical (unpaired) electrons. The number of hydrogen-bond donors (Lipinski definition) is 1. The fraction of sp³-hybridized carbons (Fsp3) is 0.692. The minimum Gasteiger partial charge on any atom is -0.400 e. The summed E-state index contributed by atoms with van der Waals surface area (Å²) in [4.78, 5) is 0. The van der Waals surface area contributed by atoms with Crippen molar-refractivity contribution in [3.8, 4) is 0 Å². The van der Waals surface area contributed by atoms with E-state index in [2.05, 4.69) is 11.5 Å². The van der Waals surface area contributed by atoms with Crippen LogP contribution in [-0.4, -0.2) is 31.0 Å². The van der Waals surface area contributed by atoms with Gasteiger partial charge in [-0.3, -0.25) is 0 Å². The Hall–Kier alpha value is -0.945. The highest BCUT2D eigenvalue weighted by Crippen LogP contribution is 2.41. The van der Waals surface area contributed by atoms with Gasteiger partial charge in [0.15, 0.2) is 0 Å². The number of halogens is 3. The largest absolute Gasteiger partial charge is 0.492 e. The zero-order chi connectivity index (χ0) is 15.3. The highest BCUT2D eigenvalue weighted by molar-refractivity contribution is 6.55. The summed E-state index contributed by atoms with van der Waals surface area (Å²) in [6.45, 7) is 9.13. The number of nitrogens with one attached hydrogen (secondary N) is 1. The topological polar surface area (TPSA) is 30.5 Å².